The zero-order chi connectivity index (χ0) is 15.9. The molecule has 0 aliphatic carbocycles. The molecular formula is C16H19BrIN3O2. The third kappa shape index (κ3) is 5.91. The molecule has 5 nitrogen and oxygen atoms in total. The molecule has 0 fully saturated rings. The molecule has 7 heteroatoms. The van der Waals surface area contributed by atoms with Crippen LogP contribution in [0.1, 0.15) is 5.56 Å². The number of ether oxygens (including phenoxy) is 2. The van der Waals surface area contributed by atoms with Gasteiger partial charge in [0.05, 0.1) is 25.2 Å². The summed E-state index contributed by atoms with van der Waals surface area (Å²) >= 11 is 3.45. The number of methoxy groups -OCH3 is 2. The topological polar surface area (TPSA) is 68.9 Å². The highest BCUT2D eigenvalue weighted by atomic mass is 127. The molecule has 124 valence electrons. The summed E-state index contributed by atoms with van der Waals surface area (Å²) in [7, 11) is 3.26. The summed E-state index contributed by atoms with van der Waals surface area (Å²) in [6, 6.07) is 13.3. The Morgan fingerprint density at radius 1 is 1.13 bits per heavy atom. The Bertz CT molecular complexity index is 663. The van der Waals surface area contributed by atoms with E-state index < -0.39 is 0 Å². The highest BCUT2D eigenvalue weighted by Crippen LogP contribution is 2.25. The second-order valence-corrected chi connectivity index (χ2v) is 5.38. The summed E-state index contributed by atoms with van der Waals surface area (Å²) in [4.78, 5) is 4.32. The SMILES string of the molecule is COc1ccc(NC(N)=NCc2ccc(OC)c(Br)c2)cc1.I. The highest BCUT2D eigenvalue weighted by molar-refractivity contribution is 14.0. The minimum atomic E-state index is 0. The van der Waals surface area contributed by atoms with Gasteiger partial charge in [0.2, 0.25) is 0 Å². The molecule has 0 aliphatic heterocycles. The average molecular weight is 492 g/mol. The zero-order valence-corrected chi connectivity index (χ0v) is 16.8. The lowest BCUT2D eigenvalue weighted by molar-refractivity contribution is 0.412. The molecule has 2 aromatic rings. The summed E-state index contributed by atoms with van der Waals surface area (Å²) in [6.07, 6.45) is 0. The molecular weight excluding hydrogens is 473 g/mol. The normalized spacial score (nSPS) is 10.7. The maximum Gasteiger partial charge on any atom is 0.193 e. The van der Waals surface area contributed by atoms with E-state index in [0.29, 0.717) is 12.5 Å². The van der Waals surface area contributed by atoms with Crippen molar-refractivity contribution in [3.63, 3.8) is 0 Å². The van der Waals surface area contributed by atoms with Crippen molar-refractivity contribution in [2.75, 3.05) is 19.5 Å². The monoisotopic (exact) mass is 491 g/mol. The number of nitrogens with zero attached hydrogens (tertiary/aromatic N) is 1. The zero-order valence-electron chi connectivity index (χ0n) is 12.9. The van der Waals surface area contributed by atoms with Crippen LogP contribution in [0, 0.1) is 0 Å². The van der Waals surface area contributed by atoms with Crippen LogP contribution in [0.2, 0.25) is 0 Å². The van der Waals surface area contributed by atoms with Crippen LogP contribution in [0.4, 0.5) is 5.69 Å². The first-order chi connectivity index (χ1) is 10.6. The fourth-order valence-corrected chi connectivity index (χ4v) is 2.43. The van der Waals surface area contributed by atoms with Crippen LogP contribution >= 0.6 is 39.9 Å². The average Bonchev–Trinajstić information content (AvgIpc) is 2.54. The van der Waals surface area contributed by atoms with Crippen LogP contribution in [-0.2, 0) is 6.54 Å². The Morgan fingerprint density at radius 2 is 1.83 bits per heavy atom. The van der Waals surface area contributed by atoms with Gasteiger partial charge >= 0.3 is 0 Å². The molecule has 0 saturated carbocycles. The Labute approximate surface area is 161 Å². The van der Waals surface area contributed by atoms with E-state index in [0.717, 1.165) is 27.2 Å². The summed E-state index contributed by atoms with van der Waals surface area (Å²) in [5.74, 6) is 1.94. The third-order valence-electron chi connectivity index (χ3n) is 3.01. The number of nitrogens with two attached hydrogens (primary N) is 1. The number of nitrogens with one attached hydrogen (secondary N) is 1. The molecule has 0 bridgehead atoms. The molecule has 0 aliphatic rings. The van der Waals surface area contributed by atoms with Gasteiger partial charge in [-0.1, -0.05) is 6.07 Å². The summed E-state index contributed by atoms with van der Waals surface area (Å²) in [6.45, 7) is 0.484. The lowest BCUT2D eigenvalue weighted by Gasteiger charge is -2.07. The van der Waals surface area contributed by atoms with E-state index >= 15 is 0 Å². The van der Waals surface area contributed by atoms with Crippen molar-refractivity contribution < 1.29 is 9.47 Å². The highest BCUT2D eigenvalue weighted by Gasteiger charge is 2.01. The molecule has 0 radical (unpaired) electrons. The molecule has 0 amide bonds. The number of hydrogen-bond donors (Lipinski definition) is 2. The summed E-state index contributed by atoms with van der Waals surface area (Å²) < 4.78 is 11.2. The van der Waals surface area contributed by atoms with E-state index in [1.54, 1.807) is 14.2 Å². The van der Waals surface area contributed by atoms with E-state index in [1.165, 1.54) is 0 Å². The van der Waals surface area contributed by atoms with Crippen molar-refractivity contribution in [3.05, 3.63) is 52.5 Å². The van der Waals surface area contributed by atoms with Crippen molar-refractivity contribution in [2.24, 2.45) is 10.7 Å². The molecule has 0 saturated heterocycles. The van der Waals surface area contributed by atoms with Gasteiger partial charge in [-0.15, -0.1) is 24.0 Å². The minimum absolute atomic E-state index is 0. The van der Waals surface area contributed by atoms with Crippen LogP contribution in [0.15, 0.2) is 51.9 Å². The van der Waals surface area contributed by atoms with Crippen molar-refractivity contribution in [1.29, 1.82) is 0 Å². The first kappa shape index (κ1) is 19.6. The van der Waals surface area contributed by atoms with E-state index in [4.69, 9.17) is 15.2 Å². The van der Waals surface area contributed by atoms with E-state index in [9.17, 15) is 0 Å². The van der Waals surface area contributed by atoms with Gasteiger partial charge in [-0.05, 0) is 57.9 Å². The quantitative estimate of drug-likeness (QED) is 0.376. The van der Waals surface area contributed by atoms with Gasteiger partial charge in [-0.3, -0.25) is 0 Å². The lowest BCUT2D eigenvalue weighted by atomic mass is 10.2. The van der Waals surface area contributed by atoms with Crippen LogP contribution < -0.4 is 20.5 Å². The van der Waals surface area contributed by atoms with Gasteiger partial charge in [-0.25, -0.2) is 4.99 Å². The lowest BCUT2D eigenvalue weighted by Crippen LogP contribution is -2.22. The molecule has 0 heterocycles. The van der Waals surface area contributed by atoms with Crippen LogP contribution in [0.25, 0.3) is 0 Å². The van der Waals surface area contributed by atoms with Gasteiger partial charge in [0.15, 0.2) is 5.96 Å². The van der Waals surface area contributed by atoms with E-state index in [-0.39, 0.29) is 24.0 Å². The number of aliphatic imine (C=N–C) groups is 1. The van der Waals surface area contributed by atoms with Gasteiger partial charge in [0, 0.05) is 5.69 Å². The number of benzene rings is 2. The number of rotatable bonds is 5. The van der Waals surface area contributed by atoms with Gasteiger partial charge in [0.25, 0.3) is 0 Å². The van der Waals surface area contributed by atoms with Crippen molar-refractivity contribution in [1.82, 2.24) is 0 Å². The molecule has 23 heavy (non-hydrogen) atoms. The van der Waals surface area contributed by atoms with Crippen LogP contribution in [0.5, 0.6) is 11.5 Å². The van der Waals surface area contributed by atoms with Crippen molar-refractivity contribution in [3.8, 4) is 11.5 Å². The molecule has 0 atom stereocenters. The Morgan fingerprint density at radius 3 is 2.39 bits per heavy atom. The van der Waals surface area contributed by atoms with Crippen molar-refractivity contribution >= 4 is 51.6 Å². The maximum atomic E-state index is 5.89. The van der Waals surface area contributed by atoms with Crippen LogP contribution in [0.3, 0.4) is 0 Å². The molecule has 3 N–H and O–H groups in total. The predicted octanol–water partition coefficient (Wildman–Crippen LogP) is 4.01. The molecule has 0 unspecified atom stereocenters. The fraction of sp³-hybridized carbons (Fsp3) is 0.188. The van der Waals surface area contributed by atoms with Gasteiger partial charge < -0.3 is 20.5 Å². The molecule has 0 spiro atoms. The van der Waals surface area contributed by atoms with Gasteiger partial charge in [0.1, 0.15) is 11.5 Å². The smallest absolute Gasteiger partial charge is 0.193 e. The van der Waals surface area contributed by atoms with Crippen molar-refractivity contribution in [2.45, 2.75) is 6.54 Å². The number of halogens is 2. The Hall–Kier alpha value is -1.48. The molecule has 2 aromatic carbocycles. The number of hydrogen-bond acceptors (Lipinski definition) is 3. The molecule has 2 rings (SSSR count). The standard InChI is InChI=1S/C16H18BrN3O2.HI/c1-21-13-6-4-12(5-7-13)20-16(18)19-10-11-3-8-15(22-2)14(17)9-11;/h3-9H,10H2,1-2H3,(H3,18,19,20);1H. The maximum absolute atomic E-state index is 5.89. The Balaban J connectivity index is 0.00000264. The predicted molar refractivity (Wildman–Crippen MR) is 108 cm³/mol. The van der Waals surface area contributed by atoms with Crippen LogP contribution in [-0.4, -0.2) is 20.2 Å². The second-order valence-electron chi connectivity index (χ2n) is 4.52. The summed E-state index contributed by atoms with van der Waals surface area (Å²) in [5.41, 5.74) is 7.78. The third-order valence-corrected chi connectivity index (χ3v) is 3.63. The first-order valence-electron chi connectivity index (χ1n) is 6.66. The van der Waals surface area contributed by atoms with E-state index in [1.807, 2.05) is 42.5 Å². The Kier molecular flexibility index (Phi) is 8.18. The fourth-order valence-electron chi connectivity index (χ4n) is 1.85. The summed E-state index contributed by atoms with van der Waals surface area (Å²) in [5, 5.41) is 3.04. The van der Waals surface area contributed by atoms with Gasteiger partial charge in [-0.2, -0.15) is 0 Å². The first-order valence-corrected chi connectivity index (χ1v) is 7.45. The minimum Gasteiger partial charge on any atom is -0.497 e. The van der Waals surface area contributed by atoms with E-state index in [2.05, 4.69) is 26.2 Å². The largest absolute Gasteiger partial charge is 0.497 e. The number of guanidine groups is 1. The second kappa shape index (κ2) is 9.61. The number of anilines is 1. The molecule has 0 aromatic heterocycles.